The van der Waals surface area contributed by atoms with Gasteiger partial charge in [0.2, 0.25) is 24.5 Å². The monoisotopic (exact) mass is 366 g/mol. The van der Waals surface area contributed by atoms with Gasteiger partial charge in [0.25, 0.3) is 0 Å². The number of carbonyl (C=O) groups is 3. The Morgan fingerprint density at radius 3 is 2.92 bits per heavy atom. The van der Waals surface area contributed by atoms with Crippen molar-refractivity contribution in [1.29, 1.82) is 0 Å². The Bertz CT molecular complexity index is 696. The molecule has 2 aliphatic heterocycles. The highest BCUT2D eigenvalue weighted by molar-refractivity contribution is 8.00. The molecule has 25 heavy (non-hydrogen) atoms. The zero-order valence-electron chi connectivity index (χ0n) is 13.2. The number of hydrogen-bond donors (Lipinski definition) is 4. The van der Waals surface area contributed by atoms with Crippen LogP contribution in [-0.4, -0.2) is 41.8 Å². The zero-order chi connectivity index (χ0) is 17.8. The minimum absolute atomic E-state index is 0.0773. The summed E-state index contributed by atoms with van der Waals surface area (Å²) in [5.74, 6) is 0.463. The van der Waals surface area contributed by atoms with Crippen LogP contribution in [-0.2, 0) is 14.4 Å². The number of thioether (sulfide) groups is 1. The maximum atomic E-state index is 12.1. The number of nitrogens with two attached hydrogens (primary N) is 1. The van der Waals surface area contributed by atoms with Crippen molar-refractivity contribution in [3.8, 4) is 11.5 Å². The third kappa shape index (κ3) is 4.77. The molecule has 0 aliphatic carbocycles. The van der Waals surface area contributed by atoms with E-state index < -0.39 is 11.4 Å². The first-order valence-electron chi connectivity index (χ1n) is 7.64. The van der Waals surface area contributed by atoms with Gasteiger partial charge >= 0.3 is 0 Å². The number of benzene rings is 1. The van der Waals surface area contributed by atoms with Gasteiger partial charge in [0.15, 0.2) is 11.5 Å². The lowest BCUT2D eigenvalue weighted by atomic mass is 10.1. The van der Waals surface area contributed by atoms with Crippen molar-refractivity contribution < 1.29 is 23.9 Å². The van der Waals surface area contributed by atoms with Gasteiger partial charge in [-0.15, -0.1) is 11.8 Å². The van der Waals surface area contributed by atoms with Crippen molar-refractivity contribution in [2.75, 3.05) is 17.9 Å². The standard InChI is InChI=1S/C15H18N4O5S/c16-12(20)4-9-5-13(21)19-15(18-9)25-6-14(22)17-8-1-2-10-11(3-8)24-7-23-10/h1-3,9,15,18H,4-7H2,(H2,16,20)(H,17,22)(H,19,21). The number of amides is 3. The number of hydrogen-bond acceptors (Lipinski definition) is 7. The van der Waals surface area contributed by atoms with E-state index in [0.717, 1.165) is 0 Å². The Labute approximate surface area is 148 Å². The van der Waals surface area contributed by atoms with Crippen LogP contribution in [0.2, 0.25) is 0 Å². The second kappa shape index (κ2) is 7.62. The van der Waals surface area contributed by atoms with Crippen LogP contribution in [0.1, 0.15) is 12.8 Å². The summed E-state index contributed by atoms with van der Waals surface area (Å²) in [7, 11) is 0. The molecule has 0 saturated carbocycles. The lowest BCUT2D eigenvalue weighted by Crippen LogP contribution is -2.55. The second-order valence-corrected chi connectivity index (χ2v) is 6.71. The van der Waals surface area contributed by atoms with Crippen molar-refractivity contribution in [2.45, 2.75) is 24.4 Å². The number of ether oxygens (including phenoxy) is 2. The van der Waals surface area contributed by atoms with E-state index in [1.54, 1.807) is 18.2 Å². The molecule has 5 N–H and O–H groups in total. The lowest BCUT2D eigenvalue weighted by molar-refractivity contribution is -0.124. The van der Waals surface area contributed by atoms with Crippen molar-refractivity contribution >= 4 is 35.2 Å². The van der Waals surface area contributed by atoms with Crippen molar-refractivity contribution in [2.24, 2.45) is 5.73 Å². The van der Waals surface area contributed by atoms with Gasteiger partial charge in [-0.05, 0) is 12.1 Å². The molecule has 10 heteroatoms. The molecule has 2 heterocycles. The largest absolute Gasteiger partial charge is 0.454 e. The van der Waals surface area contributed by atoms with E-state index in [1.807, 2.05) is 0 Å². The Morgan fingerprint density at radius 2 is 2.12 bits per heavy atom. The van der Waals surface area contributed by atoms with Gasteiger partial charge in [0, 0.05) is 30.6 Å². The highest BCUT2D eigenvalue weighted by Gasteiger charge is 2.27. The molecule has 2 aliphatic rings. The number of anilines is 1. The first-order chi connectivity index (χ1) is 12.0. The summed E-state index contributed by atoms with van der Waals surface area (Å²) in [5, 5.41) is 8.56. The number of rotatable bonds is 6. The molecule has 0 aromatic heterocycles. The van der Waals surface area contributed by atoms with E-state index in [0.29, 0.717) is 17.2 Å². The number of fused-ring (bicyclic) bond motifs is 1. The Hall–Kier alpha value is -2.46. The quantitative estimate of drug-likeness (QED) is 0.545. The average Bonchev–Trinajstić information content (AvgIpc) is 2.99. The van der Waals surface area contributed by atoms with Crippen molar-refractivity contribution in [1.82, 2.24) is 10.6 Å². The molecule has 0 spiro atoms. The fourth-order valence-electron chi connectivity index (χ4n) is 2.54. The van der Waals surface area contributed by atoms with Gasteiger partial charge in [0.1, 0.15) is 5.50 Å². The van der Waals surface area contributed by atoms with E-state index >= 15 is 0 Å². The second-order valence-electron chi connectivity index (χ2n) is 5.61. The van der Waals surface area contributed by atoms with Crippen LogP contribution in [0, 0.1) is 0 Å². The summed E-state index contributed by atoms with van der Waals surface area (Å²) in [5.41, 5.74) is 5.31. The smallest absolute Gasteiger partial charge is 0.234 e. The molecule has 3 amide bonds. The van der Waals surface area contributed by atoms with Gasteiger partial charge in [-0.1, -0.05) is 0 Å². The van der Waals surface area contributed by atoms with E-state index in [1.165, 1.54) is 11.8 Å². The van der Waals surface area contributed by atoms with Crippen LogP contribution in [0.4, 0.5) is 5.69 Å². The molecule has 1 aromatic carbocycles. The van der Waals surface area contributed by atoms with E-state index in [-0.39, 0.29) is 43.2 Å². The molecule has 2 atom stereocenters. The molecule has 134 valence electrons. The number of nitrogens with one attached hydrogen (secondary N) is 3. The fraction of sp³-hybridized carbons (Fsp3) is 0.400. The Kier molecular flexibility index (Phi) is 5.29. The van der Waals surface area contributed by atoms with E-state index in [9.17, 15) is 14.4 Å². The molecule has 1 saturated heterocycles. The zero-order valence-corrected chi connectivity index (χ0v) is 14.1. The highest BCUT2D eigenvalue weighted by Crippen LogP contribution is 2.34. The number of carbonyl (C=O) groups excluding carboxylic acids is 3. The minimum Gasteiger partial charge on any atom is -0.454 e. The molecule has 0 radical (unpaired) electrons. The van der Waals surface area contributed by atoms with Crippen LogP contribution >= 0.6 is 11.8 Å². The normalized spacial score (nSPS) is 21.5. The molecular weight excluding hydrogens is 348 g/mol. The lowest BCUT2D eigenvalue weighted by Gasteiger charge is -2.30. The molecule has 3 rings (SSSR count). The summed E-state index contributed by atoms with van der Waals surface area (Å²) in [6.07, 6.45) is 0.261. The van der Waals surface area contributed by atoms with Crippen LogP contribution in [0.3, 0.4) is 0 Å². The maximum Gasteiger partial charge on any atom is 0.234 e. The average molecular weight is 366 g/mol. The van der Waals surface area contributed by atoms with E-state index in [4.69, 9.17) is 15.2 Å². The molecule has 9 nitrogen and oxygen atoms in total. The summed E-state index contributed by atoms with van der Waals surface area (Å²) in [6, 6.07) is 4.82. The Morgan fingerprint density at radius 1 is 1.32 bits per heavy atom. The summed E-state index contributed by atoms with van der Waals surface area (Å²) in [4.78, 5) is 34.7. The SMILES string of the molecule is NC(=O)CC1CC(=O)NC(SCC(=O)Nc2ccc3c(c2)OCO3)N1. The molecule has 1 aromatic rings. The Balaban J connectivity index is 1.48. The van der Waals surface area contributed by atoms with Crippen LogP contribution in [0.5, 0.6) is 11.5 Å². The van der Waals surface area contributed by atoms with Gasteiger partial charge in [-0.2, -0.15) is 0 Å². The summed E-state index contributed by atoms with van der Waals surface area (Å²) >= 11 is 1.22. The fourth-order valence-corrected chi connectivity index (χ4v) is 3.43. The predicted molar refractivity (Wildman–Crippen MR) is 90.9 cm³/mol. The number of primary amides is 1. The first kappa shape index (κ1) is 17.4. The maximum absolute atomic E-state index is 12.1. The van der Waals surface area contributed by atoms with Crippen molar-refractivity contribution in [3.05, 3.63) is 18.2 Å². The minimum atomic E-state index is -0.475. The molecule has 1 fully saturated rings. The third-order valence-electron chi connectivity index (χ3n) is 3.60. The van der Waals surface area contributed by atoms with Gasteiger partial charge < -0.3 is 25.8 Å². The van der Waals surface area contributed by atoms with Gasteiger partial charge in [0.05, 0.1) is 5.75 Å². The van der Waals surface area contributed by atoms with Crippen LogP contribution < -0.4 is 31.2 Å². The molecule has 0 bridgehead atoms. The topological polar surface area (TPSA) is 132 Å². The van der Waals surface area contributed by atoms with Crippen LogP contribution in [0.25, 0.3) is 0 Å². The van der Waals surface area contributed by atoms with Crippen LogP contribution in [0.15, 0.2) is 18.2 Å². The summed E-state index contributed by atoms with van der Waals surface area (Å²) in [6.45, 7) is 0.169. The van der Waals surface area contributed by atoms with E-state index in [2.05, 4.69) is 16.0 Å². The molecular formula is C15H18N4O5S. The van der Waals surface area contributed by atoms with Gasteiger partial charge in [-0.25, -0.2) is 0 Å². The van der Waals surface area contributed by atoms with Crippen molar-refractivity contribution in [3.63, 3.8) is 0 Å². The highest BCUT2D eigenvalue weighted by atomic mass is 32.2. The first-order valence-corrected chi connectivity index (χ1v) is 8.69. The summed E-state index contributed by atoms with van der Waals surface area (Å²) < 4.78 is 10.5. The van der Waals surface area contributed by atoms with Gasteiger partial charge in [-0.3, -0.25) is 19.7 Å². The molecule has 2 unspecified atom stereocenters. The third-order valence-corrected chi connectivity index (χ3v) is 4.61. The predicted octanol–water partition coefficient (Wildman–Crippen LogP) is -0.276.